The molecule has 0 spiro atoms. The van der Waals surface area contributed by atoms with Gasteiger partial charge in [-0.3, -0.25) is 9.59 Å². The summed E-state index contributed by atoms with van der Waals surface area (Å²) in [5.41, 5.74) is 0.823. The SMILES string of the molecule is CCOc1ccc(/C(O)=C2\C(=O)C(=O)N(CCCN(CC)CC)[C@H]2c2cc(OC)ccc2OC)cc1Cl. The highest BCUT2D eigenvalue weighted by atomic mass is 35.5. The van der Waals surface area contributed by atoms with E-state index in [4.69, 9.17) is 25.8 Å². The van der Waals surface area contributed by atoms with Crippen LogP contribution in [0.3, 0.4) is 0 Å². The van der Waals surface area contributed by atoms with E-state index in [9.17, 15) is 14.7 Å². The van der Waals surface area contributed by atoms with Gasteiger partial charge < -0.3 is 29.1 Å². The molecule has 0 radical (unpaired) electrons. The number of nitrogens with zero attached hydrogens (tertiary/aromatic N) is 2. The minimum absolute atomic E-state index is 0.0281. The lowest BCUT2D eigenvalue weighted by Gasteiger charge is -2.28. The van der Waals surface area contributed by atoms with E-state index in [1.807, 2.05) is 6.92 Å². The van der Waals surface area contributed by atoms with Crippen LogP contribution in [0.2, 0.25) is 5.02 Å². The van der Waals surface area contributed by atoms with Crippen LogP contribution in [0.1, 0.15) is 44.4 Å². The normalized spacial score (nSPS) is 16.9. The average Bonchev–Trinajstić information content (AvgIpc) is 3.16. The van der Waals surface area contributed by atoms with Crippen molar-refractivity contribution in [1.29, 1.82) is 0 Å². The molecule has 9 heteroatoms. The lowest BCUT2D eigenvalue weighted by Crippen LogP contribution is -2.33. The first-order valence-corrected chi connectivity index (χ1v) is 12.8. The van der Waals surface area contributed by atoms with Gasteiger partial charge in [0.05, 0.1) is 37.5 Å². The van der Waals surface area contributed by atoms with E-state index in [0.29, 0.717) is 47.9 Å². The predicted octanol–water partition coefficient (Wildman–Crippen LogP) is 4.91. The van der Waals surface area contributed by atoms with Gasteiger partial charge in [0.25, 0.3) is 11.7 Å². The number of amides is 1. The molecule has 0 saturated carbocycles. The Morgan fingerprint density at radius 1 is 1.03 bits per heavy atom. The summed E-state index contributed by atoms with van der Waals surface area (Å²) in [6.45, 7) is 9.31. The fraction of sp³-hybridized carbons (Fsp3) is 0.429. The number of halogens is 1. The molecule has 1 aliphatic rings. The molecule has 2 aromatic rings. The van der Waals surface area contributed by atoms with E-state index >= 15 is 0 Å². The summed E-state index contributed by atoms with van der Waals surface area (Å²) in [4.78, 5) is 30.4. The minimum atomic E-state index is -0.868. The zero-order chi connectivity index (χ0) is 27.1. The van der Waals surface area contributed by atoms with E-state index in [1.54, 1.807) is 30.3 Å². The van der Waals surface area contributed by atoms with E-state index in [2.05, 4.69) is 18.7 Å². The Morgan fingerprint density at radius 2 is 1.73 bits per heavy atom. The molecule has 1 atom stereocenters. The fourth-order valence-corrected chi connectivity index (χ4v) is 4.80. The van der Waals surface area contributed by atoms with Gasteiger partial charge in [-0.05, 0) is 69.4 Å². The number of benzene rings is 2. The number of ether oxygens (including phenoxy) is 3. The van der Waals surface area contributed by atoms with Gasteiger partial charge in [-0.25, -0.2) is 0 Å². The topological polar surface area (TPSA) is 88.5 Å². The largest absolute Gasteiger partial charge is 0.507 e. The van der Waals surface area contributed by atoms with Crippen molar-refractivity contribution in [3.8, 4) is 17.2 Å². The number of methoxy groups -OCH3 is 2. The van der Waals surface area contributed by atoms with E-state index < -0.39 is 17.7 Å². The third-order valence-electron chi connectivity index (χ3n) is 6.54. The highest BCUT2D eigenvalue weighted by Crippen LogP contribution is 2.44. The average molecular weight is 531 g/mol. The summed E-state index contributed by atoms with van der Waals surface area (Å²) in [6, 6.07) is 9.08. The molecule has 0 unspecified atom stereocenters. The van der Waals surface area contributed by atoms with Gasteiger partial charge in [0.15, 0.2) is 0 Å². The van der Waals surface area contributed by atoms with Crippen LogP contribution in [-0.4, -0.2) is 73.6 Å². The van der Waals surface area contributed by atoms with Gasteiger partial charge in [-0.15, -0.1) is 0 Å². The molecule has 0 aromatic heterocycles. The number of hydrogen-bond donors (Lipinski definition) is 1. The van der Waals surface area contributed by atoms with Gasteiger partial charge in [0.1, 0.15) is 23.0 Å². The fourth-order valence-electron chi connectivity index (χ4n) is 4.57. The summed E-state index contributed by atoms with van der Waals surface area (Å²) >= 11 is 6.36. The Labute approximate surface area is 223 Å². The first-order chi connectivity index (χ1) is 17.8. The van der Waals surface area contributed by atoms with Gasteiger partial charge in [-0.2, -0.15) is 0 Å². The second-order valence-electron chi connectivity index (χ2n) is 8.56. The maximum absolute atomic E-state index is 13.4. The summed E-state index contributed by atoms with van der Waals surface area (Å²) in [7, 11) is 3.05. The summed E-state index contributed by atoms with van der Waals surface area (Å²) in [5.74, 6) is -0.285. The van der Waals surface area contributed by atoms with Crippen molar-refractivity contribution in [3.63, 3.8) is 0 Å². The molecule has 0 aliphatic carbocycles. The molecule has 8 nitrogen and oxygen atoms in total. The summed E-state index contributed by atoms with van der Waals surface area (Å²) in [5, 5.41) is 11.7. The number of aliphatic hydroxyl groups is 1. The van der Waals surface area contributed by atoms with Gasteiger partial charge in [-0.1, -0.05) is 25.4 Å². The molecule has 0 bridgehead atoms. The number of Topliss-reactive ketones (excluding diaryl/α,β-unsaturated/α-hetero) is 1. The maximum atomic E-state index is 13.4. The number of carbonyl (C=O) groups is 2. The number of ketones is 1. The van der Waals surface area contributed by atoms with Gasteiger partial charge in [0, 0.05) is 17.7 Å². The number of carbonyl (C=O) groups excluding carboxylic acids is 2. The minimum Gasteiger partial charge on any atom is -0.507 e. The van der Waals surface area contributed by atoms with Crippen LogP contribution < -0.4 is 14.2 Å². The lowest BCUT2D eigenvalue weighted by atomic mass is 9.94. The Kier molecular flexibility index (Phi) is 9.83. The Hall–Kier alpha value is -3.23. The molecule has 1 fully saturated rings. The van der Waals surface area contributed by atoms with Crippen LogP contribution in [-0.2, 0) is 9.59 Å². The molecular formula is C28H35ClN2O6. The zero-order valence-corrected chi connectivity index (χ0v) is 22.8. The monoisotopic (exact) mass is 530 g/mol. The molecular weight excluding hydrogens is 496 g/mol. The van der Waals surface area contributed by atoms with Gasteiger partial charge in [0.2, 0.25) is 0 Å². The third kappa shape index (κ3) is 6.02. The Balaban J connectivity index is 2.14. The van der Waals surface area contributed by atoms with E-state index in [0.717, 1.165) is 19.6 Å². The van der Waals surface area contributed by atoms with Crippen molar-refractivity contribution in [3.05, 3.63) is 58.1 Å². The Bertz CT molecular complexity index is 1160. The lowest BCUT2D eigenvalue weighted by molar-refractivity contribution is -0.140. The van der Waals surface area contributed by atoms with Crippen LogP contribution in [0.5, 0.6) is 17.2 Å². The molecule has 1 heterocycles. The molecule has 1 aliphatic heterocycles. The molecule has 3 rings (SSSR count). The van der Waals surface area contributed by atoms with Crippen molar-refractivity contribution in [2.75, 3.05) is 47.0 Å². The number of likely N-dealkylation sites (tertiary alicyclic amines) is 1. The van der Waals surface area contributed by atoms with E-state index in [-0.39, 0.29) is 16.4 Å². The molecule has 200 valence electrons. The number of rotatable bonds is 12. The van der Waals surface area contributed by atoms with Crippen molar-refractivity contribution < 1.29 is 28.9 Å². The molecule has 1 N–H and O–H groups in total. The standard InChI is InChI=1S/C28H35ClN2O6/c1-6-30(7-2)14-9-15-31-25(20-17-19(35-4)11-13-22(20)36-5)24(27(33)28(31)34)26(32)18-10-12-23(37-8-3)21(29)16-18/h10-13,16-17,25,32H,6-9,14-15H2,1-5H3/b26-24+/t25-/m0/s1. The molecule has 37 heavy (non-hydrogen) atoms. The molecule has 1 amide bonds. The van der Waals surface area contributed by atoms with Crippen LogP contribution in [0.4, 0.5) is 0 Å². The predicted molar refractivity (Wildman–Crippen MR) is 144 cm³/mol. The molecule has 2 aromatic carbocycles. The quantitative estimate of drug-likeness (QED) is 0.237. The zero-order valence-electron chi connectivity index (χ0n) is 22.0. The van der Waals surface area contributed by atoms with Crippen molar-refractivity contribution in [2.45, 2.75) is 33.2 Å². The van der Waals surface area contributed by atoms with E-state index in [1.165, 1.54) is 25.2 Å². The smallest absolute Gasteiger partial charge is 0.295 e. The first-order valence-electron chi connectivity index (χ1n) is 12.5. The number of hydrogen-bond acceptors (Lipinski definition) is 7. The Morgan fingerprint density at radius 3 is 2.32 bits per heavy atom. The van der Waals surface area contributed by atoms with Crippen molar-refractivity contribution >= 4 is 29.1 Å². The summed E-state index contributed by atoms with van der Waals surface area (Å²) in [6.07, 6.45) is 0.659. The van der Waals surface area contributed by atoms with Crippen molar-refractivity contribution in [2.24, 2.45) is 0 Å². The van der Waals surface area contributed by atoms with Crippen LogP contribution in [0.25, 0.3) is 5.76 Å². The second-order valence-corrected chi connectivity index (χ2v) is 8.97. The highest BCUT2D eigenvalue weighted by molar-refractivity contribution is 6.46. The number of aliphatic hydroxyl groups excluding tert-OH is 1. The van der Waals surface area contributed by atoms with Crippen LogP contribution >= 0.6 is 11.6 Å². The third-order valence-corrected chi connectivity index (χ3v) is 6.84. The van der Waals surface area contributed by atoms with Crippen molar-refractivity contribution in [1.82, 2.24) is 9.80 Å². The van der Waals surface area contributed by atoms with Crippen LogP contribution in [0.15, 0.2) is 42.0 Å². The maximum Gasteiger partial charge on any atom is 0.295 e. The highest BCUT2D eigenvalue weighted by Gasteiger charge is 2.47. The van der Waals surface area contributed by atoms with Gasteiger partial charge >= 0.3 is 0 Å². The van der Waals surface area contributed by atoms with Crippen LogP contribution in [0, 0.1) is 0 Å². The first kappa shape index (κ1) is 28.3. The second kappa shape index (κ2) is 12.8. The molecule has 1 saturated heterocycles. The summed E-state index contributed by atoms with van der Waals surface area (Å²) < 4.78 is 16.5.